The van der Waals surface area contributed by atoms with Crippen LogP contribution in [-0.4, -0.2) is 112 Å². The van der Waals surface area contributed by atoms with Gasteiger partial charge < -0.3 is 29.2 Å². The van der Waals surface area contributed by atoms with Crippen LogP contribution in [0.3, 0.4) is 0 Å². The molecule has 2 saturated heterocycles. The van der Waals surface area contributed by atoms with E-state index in [1.807, 2.05) is 24.1 Å². The highest BCUT2D eigenvalue weighted by Crippen LogP contribution is 2.47. The van der Waals surface area contributed by atoms with Crippen molar-refractivity contribution < 1.29 is 40.8 Å². The van der Waals surface area contributed by atoms with Crippen molar-refractivity contribution in [1.29, 1.82) is 5.26 Å². The summed E-state index contributed by atoms with van der Waals surface area (Å²) in [5.41, 5.74) is 1.64. The summed E-state index contributed by atoms with van der Waals surface area (Å²) >= 11 is 0. The predicted molar refractivity (Wildman–Crippen MR) is 181 cm³/mol. The largest absolute Gasteiger partial charge is 0.540 e. The molecule has 14 nitrogen and oxygen atoms in total. The van der Waals surface area contributed by atoms with Gasteiger partial charge in [-0.1, -0.05) is 28.2 Å². The van der Waals surface area contributed by atoms with Crippen LogP contribution in [-0.2, 0) is 19.6 Å². The van der Waals surface area contributed by atoms with Gasteiger partial charge in [-0.05, 0) is 38.2 Å². The molecule has 0 spiro atoms. The molecule has 0 aliphatic carbocycles. The van der Waals surface area contributed by atoms with Gasteiger partial charge in [-0.25, -0.2) is 9.78 Å². The number of aromatic nitrogens is 1. The number of nitriles is 1. The lowest BCUT2D eigenvalue weighted by molar-refractivity contribution is -0.665. The topological polar surface area (TPSA) is 160 Å². The summed E-state index contributed by atoms with van der Waals surface area (Å²) in [6.45, 7) is 3.81. The van der Waals surface area contributed by atoms with Crippen molar-refractivity contribution in [3.05, 3.63) is 71.9 Å². The fraction of sp³-hybridized carbons (Fsp3) is 0.429. The molecule has 6 rings (SSSR count). The number of nitrogens with zero attached hydrogens (tertiary/aromatic N) is 5. The number of carbonyl (C=O) groups excluding carboxylic acids is 2. The number of carbonyl (C=O) groups is 2. The number of quaternary nitrogens is 1. The quantitative estimate of drug-likeness (QED) is 0.323. The summed E-state index contributed by atoms with van der Waals surface area (Å²) in [4.78, 5) is 38.6. The Hall–Kier alpha value is -4.75. The minimum atomic E-state index is -5.06. The first-order chi connectivity index (χ1) is 24.1. The molecule has 5 atom stereocenters. The van der Waals surface area contributed by atoms with Crippen LogP contribution in [0.2, 0.25) is 0 Å². The molecule has 15 heteroatoms. The minimum Gasteiger partial charge on any atom is -0.497 e. The molecule has 0 bridgehead atoms. The lowest BCUT2D eigenvalue weighted by Gasteiger charge is -2.48. The summed E-state index contributed by atoms with van der Waals surface area (Å²) in [6.07, 6.45) is -0.713. The number of benzene rings is 2. The highest BCUT2D eigenvalue weighted by atomic mass is 32.2. The van der Waals surface area contributed by atoms with Crippen molar-refractivity contribution in [2.24, 2.45) is 5.92 Å². The summed E-state index contributed by atoms with van der Waals surface area (Å²) in [5, 5.41) is 14.0. The third kappa shape index (κ3) is 5.91. The normalized spacial score (nSPS) is 25.5. The van der Waals surface area contributed by atoms with Gasteiger partial charge in [-0.3, -0.25) is 4.90 Å². The van der Waals surface area contributed by atoms with Gasteiger partial charge in [0.15, 0.2) is 11.0 Å². The van der Waals surface area contributed by atoms with E-state index in [-0.39, 0.29) is 30.3 Å². The number of anilines is 1. The Morgan fingerprint density at radius 2 is 1.80 bits per heavy atom. The molecule has 3 aromatic rings. The lowest BCUT2D eigenvalue weighted by Crippen LogP contribution is -2.71. The molecule has 5 unspecified atom stereocenters. The van der Waals surface area contributed by atoms with E-state index in [1.54, 1.807) is 31.2 Å². The summed E-state index contributed by atoms with van der Waals surface area (Å²) in [6, 6.07) is 16.0. The first kappa shape index (κ1) is 35.1. The van der Waals surface area contributed by atoms with Crippen LogP contribution in [0.15, 0.2) is 65.7 Å². The number of piperazine rings is 1. The van der Waals surface area contributed by atoms with Crippen LogP contribution >= 0.6 is 0 Å². The second kappa shape index (κ2) is 14.2. The van der Waals surface area contributed by atoms with Crippen molar-refractivity contribution in [1.82, 2.24) is 14.8 Å². The molecule has 3 aliphatic heterocycles. The molecular formula is C35H41N6O8S+. The number of imide groups is 1. The highest BCUT2D eigenvalue weighted by Gasteiger charge is 2.69. The van der Waals surface area contributed by atoms with Crippen LogP contribution in [0.1, 0.15) is 30.1 Å². The van der Waals surface area contributed by atoms with Gasteiger partial charge in [-0.2, -0.15) is 18.5 Å². The molecule has 2 fully saturated rings. The Kier molecular flexibility index (Phi) is 9.99. The first-order valence-electron chi connectivity index (χ1n) is 16.4. The molecule has 3 aliphatic rings. The average Bonchev–Trinajstić information content (AvgIpc) is 3.54. The van der Waals surface area contributed by atoms with E-state index in [1.165, 1.54) is 38.6 Å². The smallest absolute Gasteiger partial charge is 0.497 e. The van der Waals surface area contributed by atoms with Crippen LogP contribution in [0, 0.1) is 17.2 Å². The molecule has 0 saturated carbocycles. The number of ether oxygens (including phenoxy) is 4. The first-order valence-corrected chi connectivity index (χ1v) is 17.9. The number of likely N-dealkylation sites (tertiary alicyclic amines) is 1. The van der Waals surface area contributed by atoms with Crippen LogP contribution in [0.5, 0.6) is 17.4 Å². The number of hydrogen-bond acceptors (Lipinski definition) is 13. The molecule has 1 N–H and O–H groups in total. The number of piperidine rings is 1. The number of fused-ring (bicyclic) bond motifs is 1. The van der Waals surface area contributed by atoms with Crippen LogP contribution in [0.25, 0.3) is 0 Å². The Balaban J connectivity index is 1.58. The van der Waals surface area contributed by atoms with Crippen molar-refractivity contribution in [3.8, 4) is 23.4 Å². The number of para-hydroxylation sites is 1. The Morgan fingerprint density at radius 1 is 1.06 bits per heavy atom. The van der Waals surface area contributed by atoms with E-state index in [9.17, 15) is 10.1 Å². The number of methoxy groups -OCH3 is 2. The maximum Gasteiger partial charge on any atom is 0.540 e. The number of nitrogens with one attached hydrogen (secondary N) is 1. The molecule has 1 aromatic heterocycles. The van der Waals surface area contributed by atoms with Gasteiger partial charge in [0.1, 0.15) is 29.9 Å². The Bertz CT molecular complexity index is 1910. The number of amides is 2. The monoisotopic (exact) mass is 705 g/mol. The lowest BCUT2D eigenvalue weighted by atomic mass is 9.78. The molecule has 0 radical (unpaired) electrons. The second-order valence-corrected chi connectivity index (χ2v) is 14.5. The zero-order valence-electron chi connectivity index (χ0n) is 28.4. The van der Waals surface area contributed by atoms with E-state index in [0.717, 1.165) is 5.69 Å². The maximum atomic E-state index is 15.6. The number of hydrogen-bond donors (Lipinski definition) is 1. The number of likely N-dealkylation sites (N-methyl/N-ethyl adjacent to an activating group) is 1. The molecule has 2 amide bonds. The Labute approximate surface area is 291 Å². The van der Waals surface area contributed by atoms with E-state index in [4.69, 9.17) is 18.9 Å². The van der Waals surface area contributed by atoms with Gasteiger partial charge in [0.2, 0.25) is 5.88 Å². The molecule has 264 valence electrons. The number of sulfonamides is 1. The molecule has 4 heterocycles. The van der Waals surface area contributed by atoms with E-state index < -0.39 is 61.3 Å². The summed E-state index contributed by atoms with van der Waals surface area (Å²) in [5.74, 6) is -3.16. The van der Waals surface area contributed by atoms with Crippen molar-refractivity contribution >= 4 is 27.7 Å². The van der Waals surface area contributed by atoms with Gasteiger partial charge in [0.25, 0.3) is 0 Å². The molecular weight excluding hydrogens is 664 g/mol. The number of rotatable bonds is 9. The SMILES string of the molecule is CCOc1ncccc1C1C(=O)[N+](C(=O)OC2CNc3ccccc32)(S(=O)(=O)c2ccc(OC)cc2OC)CC(C#N)C1N1CCN(C)CC1. The highest BCUT2D eigenvalue weighted by molar-refractivity contribution is 7.86. The van der Waals surface area contributed by atoms with Crippen molar-refractivity contribution in [2.75, 3.05) is 72.5 Å². The van der Waals surface area contributed by atoms with Crippen molar-refractivity contribution in [2.45, 2.75) is 29.9 Å². The maximum absolute atomic E-state index is 15.6. The number of pyridine rings is 1. The Morgan fingerprint density at radius 3 is 2.50 bits per heavy atom. The minimum absolute atomic E-state index is 0.117. The second-order valence-electron chi connectivity index (χ2n) is 12.5. The van der Waals surface area contributed by atoms with Crippen molar-refractivity contribution in [3.63, 3.8) is 0 Å². The van der Waals surface area contributed by atoms with E-state index in [2.05, 4.69) is 21.3 Å². The van der Waals surface area contributed by atoms with Gasteiger partial charge in [0.05, 0.1) is 39.5 Å². The summed E-state index contributed by atoms with van der Waals surface area (Å²) in [7, 11) is -0.373. The standard InChI is InChI=1S/C35H41N6O8S/c1-5-48-33-26(10-8-14-37-33)31-32(40-17-15-39(2)16-18-40)23(20-36)22-41(34(31)42,35(43)49-29-21-38-27-11-7-6-9-25(27)29)50(44,45)30-13-12-24(46-3)19-28(30)47-4/h6-14,19,23,29,31-32,38H,5,15-18,21-22H2,1-4H3/q+1. The molecule has 2 aromatic carbocycles. The third-order valence-electron chi connectivity index (χ3n) is 9.75. The van der Waals surface area contributed by atoms with E-state index >= 15 is 13.2 Å². The summed E-state index contributed by atoms with van der Waals surface area (Å²) < 4.78 is 51.5. The zero-order valence-corrected chi connectivity index (χ0v) is 29.3. The van der Waals surface area contributed by atoms with Crippen LogP contribution in [0.4, 0.5) is 10.5 Å². The average molecular weight is 706 g/mol. The predicted octanol–water partition coefficient (Wildman–Crippen LogP) is 3.39. The molecule has 50 heavy (non-hydrogen) atoms. The zero-order chi connectivity index (χ0) is 35.6. The third-order valence-corrected chi connectivity index (χ3v) is 11.9. The van der Waals surface area contributed by atoms with Crippen LogP contribution < -0.4 is 19.5 Å². The van der Waals surface area contributed by atoms with Gasteiger partial charge in [0, 0.05) is 55.3 Å². The fourth-order valence-corrected chi connectivity index (χ4v) is 9.11. The fourth-order valence-electron chi connectivity index (χ4n) is 7.19. The van der Waals surface area contributed by atoms with Gasteiger partial charge in [-0.15, -0.1) is 0 Å². The van der Waals surface area contributed by atoms with E-state index in [0.29, 0.717) is 37.5 Å². The van der Waals surface area contributed by atoms with Gasteiger partial charge >= 0.3 is 22.0 Å².